The molecule has 40 heavy (non-hydrogen) atoms. The minimum atomic E-state index is -0.434. The van der Waals surface area contributed by atoms with E-state index in [0.29, 0.717) is 22.5 Å². The number of hydrogen-bond acceptors (Lipinski definition) is 8. The summed E-state index contributed by atoms with van der Waals surface area (Å²) in [5.41, 5.74) is 1.11. The van der Waals surface area contributed by atoms with Crippen molar-refractivity contribution in [3.05, 3.63) is 69.5 Å². The number of thiocarbonyl (C=S) groups is 2. The first kappa shape index (κ1) is 29.9. The second kappa shape index (κ2) is 11.1. The molecule has 0 radical (unpaired) electrons. The molecule has 208 valence electrons. The quantitative estimate of drug-likeness (QED) is 0.351. The Labute approximate surface area is 252 Å². The third kappa shape index (κ3) is 6.46. The van der Waals surface area contributed by atoms with Gasteiger partial charge in [0.2, 0.25) is 0 Å². The fourth-order valence-electron chi connectivity index (χ4n) is 3.80. The molecule has 0 spiro atoms. The lowest BCUT2D eigenvalue weighted by Gasteiger charge is -2.21. The second-order valence-corrected chi connectivity index (χ2v) is 14.5. The van der Waals surface area contributed by atoms with E-state index >= 15 is 0 Å². The average Bonchev–Trinajstić information content (AvgIpc) is 3.30. The Morgan fingerprint density at radius 1 is 0.625 bits per heavy atom. The Hall–Kier alpha value is -3.06. The van der Waals surface area contributed by atoms with Gasteiger partial charge in [0, 0.05) is 22.2 Å². The van der Waals surface area contributed by atoms with E-state index in [1.165, 1.54) is 9.80 Å². The van der Waals surface area contributed by atoms with Crippen LogP contribution in [-0.4, -0.2) is 43.3 Å². The molecule has 2 aliphatic rings. The molecule has 0 aromatic heterocycles. The summed E-state index contributed by atoms with van der Waals surface area (Å²) in [6, 6.07) is 13.1. The maximum Gasteiger partial charge on any atom is 0.272 e. The molecule has 0 atom stereocenters. The number of nitrogens with zero attached hydrogens (tertiary/aromatic N) is 2. The van der Waals surface area contributed by atoms with Crippen LogP contribution in [0.4, 0.5) is 11.4 Å². The Morgan fingerprint density at radius 3 is 1.20 bits per heavy atom. The van der Waals surface area contributed by atoms with Gasteiger partial charge in [-0.1, -0.05) is 48.0 Å². The van der Waals surface area contributed by atoms with Crippen molar-refractivity contribution < 1.29 is 19.2 Å². The van der Waals surface area contributed by atoms with E-state index in [2.05, 4.69) is 10.6 Å². The van der Waals surface area contributed by atoms with Gasteiger partial charge in [0.1, 0.15) is 0 Å². The Balaban J connectivity index is 1.54. The average molecular weight is 613 g/mol. The van der Waals surface area contributed by atoms with Gasteiger partial charge in [0.25, 0.3) is 23.6 Å². The third-order valence-electron chi connectivity index (χ3n) is 5.50. The predicted octanol–water partition coefficient (Wildman–Crippen LogP) is 5.38. The molecule has 2 aromatic rings. The Kier molecular flexibility index (Phi) is 8.28. The lowest BCUT2D eigenvalue weighted by Crippen LogP contribution is -2.40. The largest absolute Gasteiger partial charge is 0.347 e. The lowest BCUT2D eigenvalue weighted by molar-refractivity contribution is -0.115. The summed E-state index contributed by atoms with van der Waals surface area (Å²) in [4.78, 5) is 54.9. The van der Waals surface area contributed by atoms with Crippen LogP contribution in [0.1, 0.15) is 62.3 Å². The van der Waals surface area contributed by atoms with Crippen LogP contribution in [0.3, 0.4) is 0 Å². The number of anilines is 2. The summed E-state index contributed by atoms with van der Waals surface area (Å²) in [5.74, 6) is -1.32. The normalized spacial score (nSPS) is 18.1. The van der Waals surface area contributed by atoms with E-state index < -0.39 is 11.8 Å². The molecule has 2 N–H and O–H groups in total. The number of hydrogen-bond donors (Lipinski definition) is 2. The monoisotopic (exact) mass is 612 g/mol. The van der Waals surface area contributed by atoms with Gasteiger partial charge in [0.15, 0.2) is 8.64 Å². The van der Waals surface area contributed by atoms with Crippen LogP contribution in [0.2, 0.25) is 0 Å². The zero-order chi connectivity index (χ0) is 29.6. The first-order valence-corrected chi connectivity index (χ1v) is 14.7. The molecule has 0 aliphatic carbocycles. The van der Waals surface area contributed by atoms with Crippen molar-refractivity contribution in [2.24, 2.45) is 0 Å². The summed E-state index contributed by atoms with van der Waals surface area (Å²) in [6.07, 6.45) is 0. The first-order chi connectivity index (χ1) is 18.6. The minimum Gasteiger partial charge on any atom is -0.347 e. The number of nitrogens with one attached hydrogen (secondary N) is 2. The van der Waals surface area contributed by atoms with Gasteiger partial charge in [-0.15, -0.1) is 0 Å². The summed E-state index contributed by atoms with van der Waals surface area (Å²) in [5, 5.41) is 5.79. The molecule has 0 saturated carbocycles. The molecule has 2 saturated heterocycles. The van der Waals surface area contributed by atoms with Gasteiger partial charge in [-0.05, 0) is 90.1 Å². The van der Waals surface area contributed by atoms with Crippen molar-refractivity contribution in [2.75, 3.05) is 9.80 Å². The van der Waals surface area contributed by atoms with E-state index in [9.17, 15) is 19.2 Å². The SMILES string of the molecule is CC(C)(C)NC(=O)c1ccc(N2C(=O)C(=C3SC(=S)N(c4ccc(C(=O)NC(C)(C)C)cc4)C3=O)SC2=S)cc1. The smallest absolute Gasteiger partial charge is 0.272 e. The van der Waals surface area contributed by atoms with E-state index in [4.69, 9.17) is 24.4 Å². The maximum absolute atomic E-state index is 13.4. The third-order valence-corrected chi connectivity index (χ3v) is 8.37. The fourth-order valence-corrected chi connectivity index (χ4v) is 6.56. The zero-order valence-corrected chi connectivity index (χ0v) is 26.0. The van der Waals surface area contributed by atoms with Gasteiger partial charge in [0.05, 0.1) is 21.2 Å². The molecule has 4 amide bonds. The molecular formula is C28H28N4O4S4. The summed E-state index contributed by atoms with van der Waals surface area (Å²) < 4.78 is 0.540. The highest BCUT2D eigenvalue weighted by Crippen LogP contribution is 2.44. The van der Waals surface area contributed by atoms with Crippen molar-refractivity contribution >= 4 is 91.6 Å². The maximum atomic E-state index is 13.4. The van der Waals surface area contributed by atoms with Gasteiger partial charge in [-0.2, -0.15) is 0 Å². The fraction of sp³-hybridized carbons (Fsp3) is 0.286. The van der Waals surface area contributed by atoms with Crippen LogP contribution in [0.5, 0.6) is 0 Å². The highest BCUT2D eigenvalue weighted by atomic mass is 32.2. The summed E-state index contributed by atoms with van der Waals surface area (Å²) >= 11 is 13.0. The molecule has 4 rings (SSSR count). The number of thioether (sulfide) groups is 2. The molecule has 2 aliphatic heterocycles. The predicted molar refractivity (Wildman–Crippen MR) is 170 cm³/mol. The molecule has 2 heterocycles. The number of carbonyl (C=O) groups excluding carboxylic acids is 4. The lowest BCUT2D eigenvalue weighted by atomic mass is 10.1. The topological polar surface area (TPSA) is 98.8 Å². The van der Waals surface area contributed by atoms with Gasteiger partial charge >= 0.3 is 0 Å². The standard InChI is InChI=1S/C28H28N4O4S4/c1-27(2,3)29-21(33)15-7-11-17(12-8-15)31-23(35)19(39-25(31)37)20-24(36)32(26(38)40-20)18-13-9-16(10-14-18)22(34)30-28(4,5)6/h7-14H,1-6H3,(H,29,33)(H,30,34). The molecule has 0 unspecified atom stereocenters. The second-order valence-electron chi connectivity index (χ2n) is 11.2. The number of benzene rings is 2. The van der Waals surface area contributed by atoms with E-state index in [1.54, 1.807) is 48.5 Å². The van der Waals surface area contributed by atoms with Crippen molar-refractivity contribution in [1.29, 1.82) is 0 Å². The van der Waals surface area contributed by atoms with Crippen LogP contribution < -0.4 is 20.4 Å². The zero-order valence-electron chi connectivity index (χ0n) is 22.8. The van der Waals surface area contributed by atoms with Crippen LogP contribution >= 0.6 is 48.0 Å². The molecule has 12 heteroatoms. The van der Waals surface area contributed by atoms with Crippen molar-refractivity contribution in [2.45, 2.75) is 52.6 Å². The number of carbonyl (C=O) groups is 4. The van der Waals surface area contributed by atoms with Gasteiger partial charge in [-0.25, -0.2) is 0 Å². The molecule has 2 fully saturated rings. The Bertz CT molecular complexity index is 1360. The highest BCUT2D eigenvalue weighted by molar-refractivity contribution is 8.30. The van der Waals surface area contributed by atoms with Crippen LogP contribution in [0.15, 0.2) is 58.3 Å². The number of rotatable bonds is 4. The molecular weight excluding hydrogens is 585 g/mol. The van der Waals surface area contributed by atoms with E-state index in [1.807, 2.05) is 41.5 Å². The first-order valence-electron chi connectivity index (χ1n) is 12.3. The van der Waals surface area contributed by atoms with Crippen molar-refractivity contribution in [1.82, 2.24) is 10.6 Å². The Morgan fingerprint density at radius 2 is 0.925 bits per heavy atom. The molecule has 2 aromatic carbocycles. The van der Waals surface area contributed by atoms with Crippen LogP contribution in [0, 0.1) is 0 Å². The summed E-state index contributed by atoms with van der Waals surface area (Å²) in [7, 11) is 0. The van der Waals surface area contributed by atoms with Crippen molar-refractivity contribution in [3.63, 3.8) is 0 Å². The van der Waals surface area contributed by atoms with Crippen LogP contribution in [0.25, 0.3) is 0 Å². The highest BCUT2D eigenvalue weighted by Gasteiger charge is 2.43. The van der Waals surface area contributed by atoms with E-state index in [-0.39, 0.29) is 41.3 Å². The van der Waals surface area contributed by atoms with E-state index in [0.717, 1.165) is 23.5 Å². The molecule has 8 nitrogen and oxygen atoms in total. The van der Waals surface area contributed by atoms with Crippen LogP contribution in [-0.2, 0) is 9.59 Å². The van der Waals surface area contributed by atoms with Crippen molar-refractivity contribution in [3.8, 4) is 0 Å². The molecule has 0 bridgehead atoms. The minimum absolute atomic E-state index is 0.195. The summed E-state index contributed by atoms with van der Waals surface area (Å²) in [6.45, 7) is 11.4. The van der Waals surface area contributed by atoms with Gasteiger partial charge in [-0.3, -0.25) is 29.0 Å². The van der Waals surface area contributed by atoms with Gasteiger partial charge < -0.3 is 10.6 Å². The number of amides is 4.